The second-order valence-electron chi connectivity index (χ2n) is 5.36. The van der Waals surface area contributed by atoms with E-state index < -0.39 is 5.97 Å². The largest absolute Gasteiger partial charge is 0.478 e. The molecule has 0 aliphatic heterocycles. The first-order valence-electron chi connectivity index (χ1n) is 6.90. The lowest BCUT2D eigenvalue weighted by Crippen LogP contribution is -2.16. The summed E-state index contributed by atoms with van der Waals surface area (Å²) >= 11 is 0. The van der Waals surface area contributed by atoms with Crippen LogP contribution >= 0.6 is 0 Å². The van der Waals surface area contributed by atoms with Crippen LogP contribution < -0.4 is 5.32 Å². The van der Waals surface area contributed by atoms with Crippen molar-refractivity contribution < 1.29 is 9.90 Å². The maximum atomic E-state index is 11.3. The minimum atomic E-state index is -0.954. The Hall–Kier alpha value is -2.17. The molecule has 2 aromatic rings. The first-order valence-corrected chi connectivity index (χ1v) is 6.90. The highest BCUT2D eigenvalue weighted by Gasteiger charge is 2.18. The van der Waals surface area contributed by atoms with Gasteiger partial charge in [-0.3, -0.25) is 0 Å². The van der Waals surface area contributed by atoms with Crippen LogP contribution in [0.1, 0.15) is 41.6 Å². The van der Waals surface area contributed by atoms with Crippen molar-refractivity contribution in [3.8, 4) is 0 Å². The number of carboxylic acid groups (broad SMARTS) is 1. The fourth-order valence-electron chi connectivity index (χ4n) is 2.85. The van der Waals surface area contributed by atoms with E-state index in [0.717, 1.165) is 29.6 Å². The molecule has 0 bridgehead atoms. The SMILES string of the molecule is Cc1cc(C(=O)O)c2ncnc(NC3CCCC3)c2c1. The summed E-state index contributed by atoms with van der Waals surface area (Å²) in [6.07, 6.45) is 6.19. The van der Waals surface area contributed by atoms with Gasteiger partial charge in [-0.25, -0.2) is 14.8 Å². The van der Waals surface area contributed by atoms with E-state index in [1.165, 1.54) is 19.2 Å². The normalized spacial score (nSPS) is 15.7. The lowest BCUT2D eigenvalue weighted by atomic mass is 10.1. The lowest BCUT2D eigenvalue weighted by Gasteiger charge is -2.15. The minimum Gasteiger partial charge on any atom is -0.478 e. The molecule has 1 aromatic carbocycles. The van der Waals surface area contributed by atoms with Crippen LogP contribution in [0.4, 0.5) is 5.82 Å². The van der Waals surface area contributed by atoms with Gasteiger partial charge in [0.25, 0.3) is 0 Å². The number of rotatable bonds is 3. The Morgan fingerprint density at radius 1 is 1.30 bits per heavy atom. The molecule has 0 radical (unpaired) electrons. The Balaban J connectivity index is 2.10. The predicted molar refractivity (Wildman–Crippen MR) is 77.1 cm³/mol. The number of nitrogens with one attached hydrogen (secondary N) is 1. The molecule has 1 heterocycles. The Labute approximate surface area is 117 Å². The van der Waals surface area contributed by atoms with Crippen LogP contribution in [0.5, 0.6) is 0 Å². The van der Waals surface area contributed by atoms with Crippen molar-refractivity contribution in [1.29, 1.82) is 0 Å². The average Bonchev–Trinajstić information content (AvgIpc) is 2.91. The van der Waals surface area contributed by atoms with Crippen LogP contribution in [-0.2, 0) is 0 Å². The number of aryl methyl sites for hydroxylation is 1. The van der Waals surface area contributed by atoms with E-state index >= 15 is 0 Å². The van der Waals surface area contributed by atoms with Gasteiger partial charge in [0.2, 0.25) is 0 Å². The van der Waals surface area contributed by atoms with Crippen LogP contribution in [0.25, 0.3) is 10.9 Å². The van der Waals surface area contributed by atoms with Crippen molar-refractivity contribution in [2.24, 2.45) is 0 Å². The van der Waals surface area contributed by atoms with Crippen LogP contribution in [0.2, 0.25) is 0 Å². The summed E-state index contributed by atoms with van der Waals surface area (Å²) in [6.45, 7) is 1.89. The van der Waals surface area contributed by atoms with Gasteiger partial charge in [-0.15, -0.1) is 0 Å². The topological polar surface area (TPSA) is 75.1 Å². The zero-order valence-electron chi connectivity index (χ0n) is 11.4. The fraction of sp³-hybridized carbons (Fsp3) is 0.400. The Morgan fingerprint density at radius 2 is 2.05 bits per heavy atom. The molecule has 1 aliphatic rings. The molecule has 1 saturated carbocycles. The molecule has 1 fully saturated rings. The van der Waals surface area contributed by atoms with Crippen molar-refractivity contribution in [3.05, 3.63) is 29.6 Å². The van der Waals surface area contributed by atoms with E-state index in [0.29, 0.717) is 11.6 Å². The quantitative estimate of drug-likeness (QED) is 0.897. The van der Waals surface area contributed by atoms with Crippen LogP contribution in [0.3, 0.4) is 0 Å². The summed E-state index contributed by atoms with van der Waals surface area (Å²) in [7, 11) is 0. The number of carboxylic acids is 1. The molecule has 0 spiro atoms. The fourth-order valence-corrected chi connectivity index (χ4v) is 2.85. The highest BCUT2D eigenvalue weighted by molar-refractivity contribution is 6.05. The summed E-state index contributed by atoms with van der Waals surface area (Å²) in [5, 5.41) is 13.5. The highest BCUT2D eigenvalue weighted by Crippen LogP contribution is 2.27. The summed E-state index contributed by atoms with van der Waals surface area (Å²) in [6, 6.07) is 4.03. The molecule has 20 heavy (non-hydrogen) atoms. The van der Waals surface area contributed by atoms with Gasteiger partial charge in [0.15, 0.2) is 0 Å². The van der Waals surface area contributed by atoms with Crippen molar-refractivity contribution in [2.75, 3.05) is 5.32 Å². The third kappa shape index (κ3) is 2.31. The number of nitrogens with zero attached hydrogens (tertiary/aromatic N) is 2. The molecule has 1 aromatic heterocycles. The monoisotopic (exact) mass is 271 g/mol. The van der Waals surface area contributed by atoms with Gasteiger partial charge >= 0.3 is 5.97 Å². The molecule has 2 N–H and O–H groups in total. The van der Waals surface area contributed by atoms with Crippen molar-refractivity contribution in [2.45, 2.75) is 38.6 Å². The van der Waals surface area contributed by atoms with Gasteiger partial charge in [-0.1, -0.05) is 12.8 Å². The summed E-state index contributed by atoms with van der Waals surface area (Å²) in [4.78, 5) is 19.8. The maximum absolute atomic E-state index is 11.3. The Morgan fingerprint density at radius 3 is 2.75 bits per heavy atom. The summed E-state index contributed by atoms with van der Waals surface area (Å²) in [5.74, 6) is -0.211. The Kier molecular flexibility index (Phi) is 3.26. The molecule has 0 amide bonds. The van der Waals surface area contributed by atoms with Crippen LogP contribution in [0, 0.1) is 6.92 Å². The number of aromatic nitrogens is 2. The molecule has 5 heteroatoms. The molecule has 3 rings (SSSR count). The van der Waals surface area contributed by atoms with Crippen molar-refractivity contribution in [3.63, 3.8) is 0 Å². The highest BCUT2D eigenvalue weighted by atomic mass is 16.4. The summed E-state index contributed by atoms with van der Waals surface area (Å²) < 4.78 is 0. The van der Waals surface area contributed by atoms with Gasteiger partial charge in [0, 0.05) is 11.4 Å². The molecule has 1 aliphatic carbocycles. The van der Waals surface area contributed by atoms with Gasteiger partial charge < -0.3 is 10.4 Å². The molecule has 104 valence electrons. The van der Waals surface area contributed by atoms with Crippen LogP contribution in [0.15, 0.2) is 18.5 Å². The molecule has 5 nitrogen and oxygen atoms in total. The lowest BCUT2D eigenvalue weighted by molar-refractivity contribution is 0.0698. The standard InChI is InChI=1S/C15H17N3O2/c1-9-6-11-13(12(7-9)15(19)20)16-8-17-14(11)18-10-4-2-3-5-10/h6-8,10H,2-5H2,1H3,(H,19,20)(H,16,17,18). The first kappa shape index (κ1) is 12.8. The zero-order valence-corrected chi connectivity index (χ0v) is 11.4. The summed E-state index contributed by atoms with van der Waals surface area (Å²) in [5.41, 5.74) is 1.63. The minimum absolute atomic E-state index is 0.233. The molecular weight excluding hydrogens is 254 g/mol. The second kappa shape index (κ2) is 5.07. The van der Waals surface area contributed by atoms with E-state index in [9.17, 15) is 9.90 Å². The molecular formula is C15H17N3O2. The maximum Gasteiger partial charge on any atom is 0.337 e. The predicted octanol–water partition coefficient (Wildman–Crippen LogP) is 2.99. The smallest absolute Gasteiger partial charge is 0.337 e. The average molecular weight is 271 g/mol. The van der Waals surface area contributed by atoms with Crippen LogP contribution in [-0.4, -0.2) is 27.1 Å². The number of fused-ring (bicyclic) bond motifs is 1. The number of hydrogen-bond donors (Lipinski definition) is 2. The van der Waals surface area contributed by atoms with Gasteiger partial charge in [-0.05, 0) is 37.5 Å². The number of anilines is 1. The van der Waals surface area contributed by atoms with E-state index in [-0.39, 0.29) is 5.56 Å². The van der Waals surface area contributed by atoms with E-state index in [2.05, 4.69) is 15.3 Å². The number of hydrogen-bond acceptors (Lipinski definition) is 4. The second-order valence-corrected chi connectivity index (χ2v) is 5.36. The van der Waals surface area contributed by atoms with Crippen molar-refractivity contribution in [1.82, 2.24) is 9.97 Å². The van der Waals surface area contributed by atoms with Gasteiger partial charge in [0.05, 0.1) is 11.1 Å². The van der Waals surface area contributed by atoms with E-state index in [1.807, 2.05) is 13.0 Å². The van der Waals surface area contributed by atoms with E-state index in [4.69, 9.17) is 0 Å². The van der Waals surface area contributed by atoms with Gasteiger partial charge in [-0.2, -0.15) is 0 Å². The Bertz CT molecular complexity index is 663. The molecule has 0 atom stereocenters. The third-order valence-electron chi connectivity index (χ3n) is 3.81. The number of benzene rings is 1. The first-order chi connectivity index (χ1) is 9.65. The number of carbonyl (C=O) groups is 1. The zero-order chi connectivity index (χ0) is 14.1. The molecule has 0 unspecified atom stereocenters. The van der Waals surface area contributed by atoms with Gasteiger partial charge in [0.1, 0.15) is 12.1 Å². The van der Waals surface area contributed by atoms with E-state index in [1.54, 1.807) is 6.07 Å². The number of aromatic carboxylic acids is 1. The molecule has 0 saturated heterocycles. The van der Waals surface area contributed by atoms with Crippen molar-refractivity contribution >= 4 is 22.7 Å². The third-order valence-corrected chi connectivity index (χ3v) is 3.81.